The van der Waals surface area contributed by atoms with Crippen molar-refractivity contribution in [2.45, 2.75) is 32.3 Å². The molecule has 1 aromatic carbocycles. The third-order valence-corrected chi connectivity index (χ3v) is 4.55. The molecule has 1 amide bonds. The molecule has 2 aromatic heterocycles. The van der Waals surface area contributed by atoms with Crippen LogP contribution in [-0.2, 0) is 12.0 Å². The highest BCUT2D eigenvalue weighted by atomic mass is 16.3. The molecule has 144 valence electrons. The Kier molecular flexibility index (Phi) is 6.16. The number of aliphatic hydroxyl groups is 1. The first kappa shape index (κ1) is 19.7. The van der Waals surface area contributed by atoms with Gasteiger partial charge in [0.2, 0.25) is 0 Å². The Balaban J connectivity index is 1.57. The van der Waals surface area contributed by atoms with E-state index in [-0.39, 0.29) is 5.91 Å². The summed E-state index contributed by atoms with van der Waals surface area (Å²) in [4.78, 5) is 20.8. The van der Waals surface area contributed by atoms with Gasteiger partial charge < -0.3 is 10.4 Å². The Morgan fingerprint density at radius 1 is 1.07 bits per heavy atom. The van der Waals surface area contributed by atoms with Crippen molar-refractivity contribution in [1.82, 2.24) is 15.3 Å². The van der Waals surface area contributed by atoms with Crippen LogP contribution in [0.5, 0.6) is 0 Å². The number of rotatable bonds is 7. The van der Waals surface area contributed by atoms with Crippen LogP contribution in [0.2, 0.25) is 0 Å². The highest BCUT2D eigenvalue weighted by Crippen LogP contribution is 2.25. The molecule has 0 saturated heterocycles. The van der Waals surface area contributed by atoms with E-state index in [1.165, 1.54) is 0 Å². The Labute approximate surface area is 165 Å². The molecule has 0 saturated carbocycles. The van der Waals surface area contributed by atoms with Gasteiger partial charge in [-0.1, -0.05) is 18.2 Å². The number of amides is 1. The zero-order chi connectivity index (χ0) is 20.0. The maximum absolute atomic E-state index is 12.3. The summed E-state index contributed by atoms with van der Waals surface area (Å²) in [6.45, 7) is 4.07. The van der Waals surface area contributed by atoms with Crippen molar-refractivity contribution >= 4 is 5.91 Å². The highest BCUT2D eigenvalue weighted by molar-refractivity contribution is 5.94. The number of carbonyl (C=O) groups is 1. The minimum Gasteiger partial charge on any atom is -0.386 e. The maximum atomic E-state index is 12.3. The van der Waals surface area contributed by atoms with Gasteiger partial charge in [0.25, 0.3) is 5.91 Å². The molecule has 0 aliphatic rings. The second-order valence-corrected chi connectivity index (χ2v) is 7.28. The maximum Gasteiger partial charge on any atom is 0.251 e. The van der Waals surface area contributed by atoms with E-state index in [0.717, 1.165) is 35.2 Å². The number of pyridine rings is 2. The first-order valence-corrected chi connectivity index (χ1v) is 9.40. The molecule has 0 aliphatic carbocycles. The van der Waals surface area contributed by atoms with Gasteiger partial charge in [0.15, 0.2) is 0 Å². The second-order valence-electron chi connectivity index (χ2n) is 7.28. The lowest BCUT2D eigenvalue weighted by Gasteiger charge is -2.18. The van der Waals surface area contributed by atoms with Gasteiger partial charge in [-0.25, -0.2) is 0 Å². The predicted octanol–water partition coefficient (Wildman–Crippen LogP) is 3.73. The number of hydrogen-bond acceptors (Lipinski definition) is 4. The van der Waals surface area contributed by atoms with E-state index in [4.69, 9.17) is 0 Å². The van der Waals surface area contributed by atoms with Crippen LogP contribution in [0.25, 0.3) is 11.1 Å². The molecule has 2 N–H and O–H groups in total. The molecule has 0 bridgehead atoms. The van der Waals surface area contributed by atoms with E-state index in [2.05, 4.69) is 15.3 Å². The largest absolute Gasteiger partial charge is 0.386 e. The van der Waals surface area contributed by atoms with E-state index in [0.29, 0.717) is 12.1 Å². The first-order chi connectivity index (χ1) is 13.4. The van der Waals surface area contributed by atoms with E-state index in [1.807, 2.05) is 36.4 Å². The van der Waals surface area contributed by atoms with Crippen molar-refractivity contribution in [2.75, 3.05) is 6.54 Å². The lowest BCUT2D eigenvalue weighted by Crippen LogP contribution is -2.24. The van der Waals surface area contributed by atoms with Crippen LogP contribution < -0.4 is 5.32 Å². The van der Waals surface area contributed by atoms with E-state index < -0.39 is 5.60 Å². The van der Waals surface area contributed by atoms with Crippen LogP contribution in [0.3, 0.4) is 0 Å². The van der Waals surface area contributed by atoms with E-state index in [1.54, 1.807) is 44.6 Å². The molecule has 28 heavy (non-hydrogen) atoms. The normalized spacial score (nSPS) is 11.2. The van der Waals surface area contributed by atoms with Gasteiger partial charge >= 0.3 is 0 Å². The molecule has 0 fully saturated rings. The van der Waals surface area contributed by atoms with Crippen LogP contribution in [0, 0.1) is 0 Å². The van der Waals surface area contributed by atoms with Crippen LogP contribution in [-0.4, -0.2) is 27.5 Å². The Bertz CT molecular complexity index is 917. The molecule has 0 unspecified atom stereocenters. The Morgan fingerprint density at radius 3 is 2.54 bits per heavy atom. The third kappa shape index (κ3) is 5.24. The van der Waals surface area contributed by atoms with Crippen LogP contribution in [0.4, 0.5) is 0 Å². The first-order valence-electron chi connectivity index (χ1n) is 9.40. The molecule has 2 heterocycles. The van der Waals surface area contributed by atoms with Gasteiger partial charge in [0.1, 0.15) is 0 Å². The zero-order valence-electron chi connectivity index (χ0n) is 16.2. The van der Waals surface area contributed by atoms with E-state index in [9.17, 15) is 9.90 Å². The topological polar surface area (TPSA) is 75.1 Å². The van der Waals surface area contributed by atoms with Crippen molar-refractivity contribution in [3.63, 3.8) is 0 Å². The highest BCUT2D eigenvalue weighted by Gasteiger charge is 2.17. The van der Waals surface area contributed by atoms with Crippen LogP contribution in [0.1, 0.15) is 41.9 Å². The van der Waals surface area contributed by atoms with Crippen molar-refractivity contribution in [3.05, 3.63) is 83.9 Å². The fraction of sp³-hybridized carbons (Fsp3) is 0.261. The third-order valence-electron chi connectivity index (χ3n) is 4.55. The van der Waals surface area contributed by atoms with Gasteiger partial charge in [-0.3, -0.25) is 14.8 Å². The minimum absolute atomic E-state index is 0.0871. The Hall–Kier alpha value is -3.05. The summed E-state index contributed by atoms with van der Waals surface area (Å²) in [6, 6.07) is 15.2. The summed E-state index contributed by atoms with van der Waals surface area (Å²) >= 11 is 0. The number of nitrogens with one attached hydrogen (secondary N) is 1. The number of aryl methyl sites for hydroxylation is 1. The average molecular weight is 375 g/mol. The predicted molar refractivity (Wildman–Crippen MR) is 110 cm³/mol. The summed E-state index contributed by atoms with van der Waals surface area (Å²) in [5, 5.41) is 13.1. The van der Waals surface area contributed by atoms with E-state index >= 15 is 0 Å². The molecular weight excluding hydrogens is 350 g/mol. The number of carbonyl (C=O) groups excluding carboxylic acids is 1. The van der Waals surface area contributed by atoms with Gasteiger partial charge in [-0.2, -0.15) is 0 Å². The summed E-state index contributed by atoms with van der Waals surface area (Å²) in [6.07, 6.45) is 6.88. The molecular formula is C23H25N3O2. The van der Waals surface area contributed by atoms with Gasteiger partial charge in [-0.15, -0.1) is 0 Å². The number of aromatic nitrogens is 2. The summed E-state index contributed by atoms with van der Waals surface area (Å²) in [5.74, 6) is -0.0871. The quantitative estimate of drug-likeness (QED) is 0.617. The molecule has 5 nitrogen and oxygen atoms in total. The summed E-state index contributed by atoms with van der Waals surface area (Å²) in [7, 11) is 0. The SMILES string of the molecule is CC(C)(O)c1cncc(-c2ccc(C(=O)NCCCc3ccccn3)cc2)c1. The average Bonchev–Trinajstić information content (AvgIpc) is 2.71. The number of nitrogens with zero attached hydrogens (tertiary/aromatic N) is 2. The molecule has 0 spiro atoms. The summed E-state index contributed by atoms with van der Waals surface area (Å²) in [5.41, 5.74) is 3.31. The fourth-order valence-electron chi connectivity index (χ4n) is 2.87. The lowest BCUT2D eigenvalue weighted by molar-refractivity contribution is 0.0782. The van der Waals surface area contributed by atoms with Crippen molar-refractivity contribution in [1.29, 1.82) is 0 Å². The smallest absolute Gasteiger partial charge is 0.251 e. The summed E-state index contributed by atoms with van der Waals surface area (Å²) < 4.78 is 0. The van der Waals surface area contributed by atoms with Gasteiger partial charge in [0.05, 0.1) is 5.60 Å². The van der Waals surface area contributed by atoms with Gasteiger partial charge in [0, 0.05) is 47.5 Å². The molecule has 5 heteroatoms. The zero-order valence-corrected chi connectivity index (χ0v) is 16.2. The lowest BCUT2D eigenvalue weighted by atomic mass is 9.96. The number of hydrogen-bond donors (Lipinski definition) is 2. The van der Waals surface area contributed by atoms with Crippen molar-refractivity contribution in [3.8, 4) is 11.1 Å². The molecule has 0 atom stereocenters. The van der Waals surface area contributed by atoms with Crippen LogP contribution in [0.15, 0.2) is 67.1 Å². The second kappa shape index (κ2) is 8.76. The molecule has 3 rings (SSSR count). The Morgan fingerprint density at radius 2 is 1.86 bits per heavy atom. The van der Waals surface area contributed by atoms with Gasteiger partial charge in [-0.05, 0) is 62.6 Å². The fourth-order valence-corrected chi connectivity index (χ4v) is 2.87. The van der Waals surface area contributed by atoms with Crippen molar-refractivity contribution < 1.29 is 9.90 Å². The molecule has 0 radical (unpaired) electrons. The molecule has 0 aliphatic heterocycles. The van der Waals surface area contributed by atoms with Crippen LogP contribution >= 0.6 is 0 Å². The minimum atomic E-state index is -0.946. The standard InChI is InChI=1S/C23H25N3O2/c1-23(2,28)20-14-19(15-24-16-20)17-8-10-18(11-9-17)22(27)26-13-5-7-21-6-3-4-12-25-21/h3-4,6,8-12,14-16,28H,5,7,13H2,1-2H3,(H,26,27). The monoisotopic (exact) mass is 375 g/mol. The van der Waals surface area contributed by atoms with Crippen molar-refractivity contribution in [2.24, 2.45) is 0 Å². The molecule has 3 aromatic rings. The number of benzene rings is 1.